The van der Waals surface area contributed by atoms with Crippen molar-refractivity contribution in [3.8, 4) is 5.69 Å². The summed E-state index contributed by atoms with van der Waals surface area (Å²) in [6, 6.07) is 8.96. The maximum Gasteiger partial charge on any atom is 0.257 e. The zero-order valence-corrected chi connectivity index (χ0v) is 15.8. The second-order valence-corrected chi connectivity index (χ2v) is 6.67. The van der Waals surface area contributed by atoms with Gasteiger partial charge in [-0.3, -0.25) is 9.59 Å². The molecule has 3 aromatic rings. The second kappa shape index (κ2) is 8.59. The number of halogens is 2. The summed E-state index contributed by atoms with van der Waals surface area (Å²) >= 11 is 0. The predicted octanol–water partition coefficient (Wildman–Crippen LogP) is 2.94. The number of nitrogens with one attached hydrogen (secondary N) is 2. The Balaban J connectivity index is 1.72. The van der Waals surface area contributed by atoms with Crippen LogP contribution in [0.4, 0.5) is 14.5 Å². The van der Waals surface area contributed by atoms with Crippen LogP contribution in [-0.2, 0) is 4.79 Å². The van der Waals surface area contributed by atoms with Crippen molar-refractivity contribution >= 4 is 17.5 Å². The highest BCUT2D eigenvalue weighted by Crippen LogP contribution is 2.16. The smallest absolute Gasteiger partial charge is 0.257 e. The molecule has 0 saturated heterocycles. The quantitative estimate of drug-likeness (QED) is 0.667. The van der Waals surface area contributed by atoms with Crippen LogP contribution >= 0.6 is 0 Å². The first-order valence-corrected chi connectivity index (χ1v) is 8.87. The highest BCUT2D eigenvalue weighted by molar-refractivity contribution is 6.01. The zero-order valence-electron chi connectivity index (χ0n) is 15.8. The zero-order chi connectivity index (χ0) is 21.0. The third-order valence-corrected chi connectivity index (χ3v) is 4.24. The number of anilines is 1. The molecule has 150 valence electrons. The maximum atomic E-state index is 13.8. The van der Waals surface area contributed by atoms with Gasteiger partial charge in [0, 0.05) is 5.69 Å². The van der Waals surface area contributed by atoms with Gasteiger partial charge in [0.05, 0.1) is 5.69 Å². The Hall–Kier alpha value is -3.62. The molecule has 9 heteroatoms. The van der Waals surface area contributed by atoms with Gasteiger partial charge in [-0.05, 0) is 42.3 Å². The molecule has 0 saturated carbocycles. The molecule has 7 nitrogen and oxygen atoms in total. The molecule has 2 aromatic carbocycles. The Morgan fingerprint density at radius 2 is 1.69 bits per heavy atom. The van der Waals surface area contributed by atoms with Gasteiger partial charge in [-0.15, -0.1) is 0 Å². The number of hydrogen-bond donors (Lipinski definition) is 2. The fourth-order valence-corrected chi connectivity index (χ4v) is 2.72. The highest BCUT2D eigenvalue weighted by atomic mass is 19.1. The lowest BCUT2D eigenvalue weighted by atomic mass is 10.0. The predicted molar refractivity (Wildman–Crippen MR) is 102 cm³/mol. The Labute approximate surface area is 165 Å². The van der Waals surface area contributed by atoms with Crippen molar-refractivity contribution in [2.75, 3.05) is 5.32 Å². The van der Waals surface area contributed by atoms with Crippen LogP contribution in [0.25, 0.3) is 5.69 Å². The number of rotatable bonds is 6. The number of benzene rings is 2. The van der Waals surface area contributed by atoms with Gasteiger partial charge < -0.3 is 10.6 Å². The minimum atomic E-state index is -0.992. The van der Waals surface area contributed by atoms with Crippen LogP contribution in [0.2, 0.25) is 0 Å². The van der Waals surface area contributed by atoms with E-state index < -0.39 is 35.1 Å². The Morgan fingerprint density at radius 1 is 1.03 bits per heavy atom. The standard InChI is InChI=1S/C20H19F2N5O2/c1-12(2)18(26-19(28)17-15(21)4-3-5-16(17)22)20(29)25-13-6-8-14(9-7-13)27-11-23-10-24-27/h3-12,18H,1-2H3,(H,25,29)(H,26,28). The molecule has 2 N–H and O–H groups in total. The first-order chi connectivity index (χ1) is 13.9. The van der Waals surface area contributed by atoms with E-state index in [1.807, 2.05) is 0 Å². The van der Waals surface area contributed by atoms with Crippen molar-refractivity contribution in [2.24, 2.45) is 5.92 Å². The summed E-state index contributed by atoms with van der Waals surface area (Å²) in [6.07, 6.45) is 2.95. The lowest BCUT2D eigenvalue weighted by molar-refractivity contribution is -0.118. The van der Waals surface area contributed by atoms with Crippen molar-refractivity contribution in [3.63, 3.8) is 0 Å². The summed E-state index contributed by atoms with van der Waals surface area (Å²) in [4.78, 5) is 28.9. The summed E-state index contributed by atoms with van der Waals surface area (Å²) in [5.41, 5.74) is 0.531. The summed E-state index contributed by atoms with van der Waals surface area (Å²) in [5.74, 6) is -3.79. The molecule has 1 atom stereocenters. The number of aromatic nitrogens is 3. The van der Waals surface area contributed by atoms with Gasteiger partial charge in [0.25, 0.3) is 5.91 Å². The number of carbonyl (C=O) groups excluding carboxylic acids is 2. The van der Waals surface area contributed by atoms with Gasteiger partial charge >= 0.3 is 0 Å². The van der Waals surface area contributed by atoms with Gasteiger partial charge in [0.15, 0.2) is 0 Å². The van der Waals surface area contributed by atoms with Crippen molar-refractivity contribution in [3.05, 3.63) is 72.3 Å². The minimum Gasteiger partial charge on any atom is -0.340 e. The average molecular weight is 399 g/mol. The van der Waals surface area contributed by atoms with Crippen molar-refractivity contribution < 1.29 is 18.4 Å². The van der Waals surface area contributed by atoms with Crippen LogP contribution in [-0.4, -0.2) is 32.6 Å². The topological polar surface area (TPSA) is 88.9 Å². The first-order valence-electron chi connectivity index (χ1n) is 8.87. The van der Waals surface area contributed by atoms with Gasteiger partial charge in [-0.25, -0.2) is 18.4 Å². The fourth-order valence-electron chi connectivity index (χ4n) is 2.72. The minimum absolute atomic E-state index is 0.316. The molecule has 0 fully saturated rings. The molecule has 29 heavy (non-hydrogen) atoms. The molecule has 0 aliphatic carbocycles. The Bertz CT molecular complexity index is 984. The van der Waals surface area contributed by atoms with Gasteiger partial charge in [-0.2, -0.15) is 5.10 Å². The summed E-state index contributed by atoms with van der Waals surface area (Å²) in [5, 5.41) is 9.12. The third kappa shape index (κ3) is 4.63. The second-order valence-electron chi connectivity index (χ2n) is 6.67. The van der Waals surface area contributed by atoms with E-state index in [-0.39, 0.29) is 5.92 Å². The summed E-state index contributed by atoms with van der Waals surface area (Å²) < 4.78 is 29.2. The summed E-state index contributed by atoms with van der Waals surface area (Å²) in [6.45, 7) is 3.44. The van der Waals surface area contributed by atoms with E-state index in [1.165, 1.54) is 6.33 Å². The van der Waals surface area contributed by atoms with Crippen LogP contribution in [0.5, 0.6) is 0 Å². The van der Waals surface area contributed by atoms with Gasteiger partial charge in [-0.1, -0.05) is 19.9 Å². The van der Waals surface area contributed by atoms with E-state index in [0.29, 0.717) is 5.69 Å². The van der Waals surface area contributed by atoms with E-state index in [9.17, 15) is 18.4 Å². The number of hydrogen-bond acceptors (Lipinski definition) is 4. The van der Waals surface area contributed by atoms with Crippen LogP contribution in [0.3, 0.4) is 0 Å². The van der Waals surface area contributed by atoms with E-state index >= 15 is 0 Å². The Morgan fingerprint density at radius 3 is 2.24 bits per heavy atom. The van der Waals surface area contributed by atoms with Crippen LogP contribution in [0, 0.1) is 17.6 Å². The van der Waals surface area contributed by atoms with E-state index in [4.69, 9.17) is 0 Å². The van der Waals surface area contributed by atoms with Gasteiger partial charge in [0.1, 0.15) is 35.9 Å². The molecule has 1 unspecified atom stereocenters. The lowest BCUT2D eigenvalue weighted by Crippen LogP contribution is -2.47. The maximum absolute atomic E-state index is 13.8. The molecule has 1 aromatic heterocycles. The molecule has 3 rings (SSSR count). The number of nitrogens with zero attached hydrogens (tertiary/aromatic N) is 3. The molecule has 0 aliphatic heterocycles. The Kier molecular flexibility index (Phi) is 5.96. The van der Waals surface area contributed by atoms with Crippen molar-refractivity contribution in [1.82, 2.24) is 20.1 Å². The molecule has 0 spiro atoms. The SMILES string of the molecule is CC(C)C(NC(=O)c1c(F)cccc1F)C(=O)Nc1ccc(-n2cncn2)cc1. The average Bonchev–Trinajstić information content (AvgIpc) is 3.21. The van der Waals surface area contributed by atoms with Gasteiger partial charge in [0.2, 0.25) is 5.91 Å². The number of carbonyl (C=O) groups is 2. The molecule has 2 amide bonds. The molecule has 0 aliphatic rings. The first kappa shape index (κ1) is 20.1. The molecule has 0 bridgehead atoms. The highest BCUT2D eigenvalue weighted by Gasteiger charge is 2.27. The van der Waals surface area contributed by atoms with E-state index in [0.717, 1.165) is 23.9 Å². The van der Waals surface area contributed by atoms with E-state index in [2.05, 4.69) is 20.7 Å². The molecular formula is C20H19F2N5O2. The van der Waals surface area contributed by atoms with Crippen LogP contribution < -0.4 is 10.6 Å². The molecule has 1 heterocycles. The third-order valence-electron chi connectivity index (χ3n) is 4.24. The molecule has 0 radical (unpaired) electrons. The number of amides is 2. The largest absolute Gasteiger partial charge is 0.340 e. The molecular weight excluding hydrogens is 380 g/mol. The monoisotopic (exact) mass is 399 g/mol. The normalized spacial score (nSPS) is 11.9. The fraction of sp³-hybridized carbons (Fsp3) is 0.200. The van der Waals surface area contributed by atoms with Crippen molar-refractivity contribution in [2.45, 2.75) is 19.9 Å². The summed E-state index contributed by atoms with van der Waals surface area (Å²) in [7, 11) is 0. The van der Waals surface area contributed by atoms with Crippen LogP contribution in [0.15, 0.2) is 55.1 Å². The van der Waals surface area contributed by atoms with E-state index in [1.54, 1.807) is 49.1 Å². The van der Waals surface area contributed by atoms with Crippen LogP contribution in [0.1, 0.15) is 24.2 Å². The van der Waals surface area contributed by atoms with Crippen molar-refractivity contribution in [1.29, 1.82) is 0 Å². The lowest BCUT2D eigenvalue weighted by Gasteiger charge is -2.22.